The van der Waals surface area contributed by atoms with Gasteiger partial charge in [-0.05, 0) is 37.5 Å². The Labute approximate surface area is 131 Å². The fourth-order valence-corrected chi connectivity index (χ4v) is 2.07. The van der Waals surface area contributed by atoms with Crippen LogP contribution in [0.25, 0.3) is 0 Å². The molecule has 1 aromatic carbocycles. The molecule has 0 fully saturated rings. The maximum Gasteiger partial charge on any atom is 0.220 e. The van der Waals surface area contributed by atoms with Gasteiger partial charge in [0, 0.05) is 19.5 Å². The first-order chi connectivity index (χ1) is 10.7. The predicted molar refractivity (Wildman–Crippen MR) is 87.6 cm³/mol. The maximum atomic E-state index is 11.7. The van der Waals surface area contributed by atoms with Crippen molar-refractivity contribution in [2.75, 3.05) is 18.4 Å². The van der Waals surface area contributed by atoms with Crippen molar-refractivity contribution in [3.8, 4) is 0 Å². The molecule has 2 aromatic rings. The molecule has 22 heavy (non-hydrogen) atoms. The first-order valence-corrected chi connectivity index (χ1v) is 7.59. The quantitative estimate of drug-likeness (QED) is 0.734. The Morgan fingerprint density at radius 3 is 2.59 bits per heavy atom. The molecule has 1 aromatic heterocycles. The third-order valence-corrected chi connectivity index (χ3v) is 3.26. The number of amides is 1. The lowest BCUT2D eigenvalue weighted by Crippen LogP contribution is -2.28. The van der Waals surface area contributed by atoms with Crippen LogP contribution in [0.2, 0.25) is 0 Å². The molecule has 0 radical (unpaired) electrons. The van der Waals surface area contributed by atoms with E-state index in [4.69, 9.17) is 0 Å². The highest BCUT2D eigenvalue weighted by molar-refractivity contribution is 5.75. The summed E-state index contributed by atoms with van der Waals surface area (Å²) >= 11 is 0. The summed E-state index contributed by atoms with van der Waals surface area (Å²) in [6, 6.07) is 14.0. The highest BCUT2D eigenvalue weighted by atomic mass is 16.1. The topological polar surface area (TPSA) is 66.9 Å². The van der Waals surface area contributed by atoms with E-state index in [-0.39, 0.29) is 5.91 Å². The van der Waals surface area contributed by atoms with Crippen LogP contribution < -0.4 is 10.6 Å². The van der Waals surface area contributed by atoms with Gasteiger partial charge in [-0.1, -0.05) is 30.3 Å². The second-order valence-electron chi connectivity index (χ2n) is 5.18. The molecule has 116 valence electrons. The average Bonchev–Trinajstić information content (AvgIpc) is 2.54. The smallest absolute Gasteiger partial charge is 0.220 e. The molecule has 0 spiro atoms. The van der Waals surface area contributed by atoms with Crippen molar-refractivity contribution in [3.63, 3.8) is 0 Å². The van der Waals surface area contributed by atoms with Crippen LogP contribution in [0.4, 0.5) is 5.82 Å². The van der Waals surface area contributed by atoms with Gasteiger partial charge in [0.1, 0.15) is 5.82 Å². The molecule has 0 bridgehead atoms. The van der Waals surface area contributed by atoms with E-state index in [1.165, 1.54) is 5.56 Å². The third kappa shape index (κ3) is 5.91. The summed E-state index contributed by atoms with van der Waals surface area (Å²) in [6.07, 6.45) is 2.36. The minimum Gasteiger partial charge on any atom is -0.367 e. The summed E-state index contributed by atoms with van der Waals surface area (Å²) in [5.41, 5.74) is 2.16. The fourth-order valence-electron chi connectivity index (χ4n) is 2.07. The fraction of sp³-hybridized carbons (Fsp3) is 0.353. The lowest BCUT2D eigenvalue weighted by molar-refractivity contribution is -0.121. The standard InChI is InChI=1S/C17H22N4O/c1-14-10-11-16(21-20-14)18-12-13-19-17(22)9-5-8-15-6-3-2-4-7-15/h2-4,6-7,10-11H,5,8-9,12-13H2,1H3,(H,18,21)(H,19,22). The minimum absolute atomic E-state index is 0.0905. The Hall–Kier alpha value is -2.43. The predicted octanol–water partition coefficient (Wildman–Crippen LogP) is 2.34. The Balaban J connectivity index is 1.55. The van der Waals surface area contributed by atoms with Crippen molar-refractivity contribution in [3.05, 3.63) is 53.7 Å². The zero-order valence-electron chi connectivity index (χ0n) is 12.9. The van der Waals surface area contributed by atoms with E-state index < -0.39 is 0 Å². The van der Waals surface area contributed by atoms with E-state index in [1.54, 1.807) is 0 Å². The van der Waals surface area contributed by atoms with Crippen LogP contribution in [-0.4, -0.2) is 29.2 Å². The van der Waals surface area contributed by atoms with Gasteiger partial charge in [-0.3, -0.25) is 4.79 Å². The lowest BCUT2D eigenvalue weighted by Gasteiger charge is -2.07. The number of anilines is 1. The van der Waals surface area contributed by atoms with Gasteiger partial charge in [0.05, 0.1) is 5.69 Å². The van der Waals surface area contributed by atoms with E-state index in [2.05, 4.69) is 33.0 Å². The molecule has 0 atom stereocenters. The second kappa shape index (κ2) is 8.77. The molecular weight excluding hydrogens is 276 g/mol. The number of nitrogens with one attached hydrogen (secondary N) is 2. The molecule has 0 saturated carbocycles. The molecule has 0 aliphatic carbocycles. The number of aryl methyl sites for hydroxylation is 2. The number of hydrogen-bond donors (Lipinski definition) is 2. The SMILES string of the molecule is Cc1ccc(NCCNC(=O)CCCc2ccccc2)nn1. The van der Waals surface area contributed by atoms with Gasteiger partial charge in [0.2, 0.25) is 5.91 Å². The van der Waals surface area contributed by atoms with Gasteiger partial charge in [0.15, 0.2) is 0 Å². The van der Waals surface area contributed by atoms with E-state index in [9.17, 15) is 4.79 Å². The van der Waals surface area contributed by atoms with Crippen LogP contribution in [-0.2, 0) is 11.2 Å². The van der Waals surface area contributed by atoms with Crippen LogP contribution in [0, 0.1) is 6.92 Å². The highest BCUT2D eigenvalue weighted by Crippen LogP contribution is 2.04. The first-order valence-electron chi connectivity index (χ1n) is 7.59. The van der Waals surface area contributed by atoms with Crippen LogP contribution in [0.1, 0.15) is 24.1 Å². The van der Waals surface area contributed by atoms with E-state index >= 15 is 0 Å². The molecular formula is C17H22N4O. The normalized spacial score (nSPS) is 10.2. The second-order valence-corrected chi connectivity index (χ2v) is 5.18. The van der Waals surface area contributed by atoms with Crippen molar-refractivity contribution >= 4 is 11.7 Å². The molecule has 2 N–H and O–H groups in total. The molecule has 1 amide bonds. The molecule has 1 heterocycles. The Morgan fingerprint density at radius 2 is 1.86 bits per heavy atom. The average molecular weight is 298 g/mol. The summed E-state index contributed by atoms with van der Waals surface area (Å²) in [5.74, 6) is 0.816. The summed E-state index contributed by atoms with van der Waals surface area (Å²) in [7, 11) is 0. The zero-order valence-corrected chi connectivity index (χ0v) is 12.9. The van der Waals surface area contributed by atoms with Crippen molar-refractivity contribution < 1.29 is 4.79 Å². The van der Waals surface area contributed by atoms with Crippen molar-refractivity contribution in [2.24, 2.45) is 0 Å². The van der Waals surface area contributed by atoms with Gasteiger partial charge < -0.3 is 10.6 Å². The van der Waals surface area contributed by atoms with Crippen molar-refractivity contribution in [1.82, 2.24) is 15.5 Å². The van der Waals surface area contributed by atoms with Crippen LogP contribution >= 0.6 is 0 Å². The number of rotatable bonds is 8. The summed E-state index contributed by atoms with van der Waals surface area (Å²) in [6.45, 7) is 3.12. The molecule has 0 saturated heterocycles. The van der Waals surface area contributed by atoms with Gasteiger partial charge in [0.25, 0.3) is 0 Å². The molecule has 5 nitrogen and oxygen atoms in total. The Bertz CT molecular complexity index is 569. The minimum atomic E-state index is 0.0905. The lowest BCUT2D eigenvalue weighted by atomic mass is 10.1. The van der Waals surface area contributed by atoms with E-state index in [0.717, 1.165) is 24.4 Å². The molecule has 0 aliphatic heterocycles. The van der Waals surface area contributed by atoms with E-state index in [0.29, 0.717) is 19.5 Å². The first kappa shape index (κ1) is 15.9. The molecule has 0 aliphatic rings. The van der Waals surface area contributed by atoms with Gasteiger partial charge in [-0.15, -0.1) is 5.10 Å². The Kier molecular flexibility index (Phi) is 6.36. The van der Waals surface area contributed by atoms with Crippen LogP contribution in [0.15, 0.2) is 42.5 Å². The van der Waals surface area contributed by atoms with Crippen LogP contribution in [0.5, 0.6) is 0 Å². The number of carbonyl (C=O) groups excluding carboxylic acids is 1. The summed E-state index contributed by atoms with van der Waals surface area (Å²) in [4.78, 5) is 11.7. The number of aromatic nitrogens is 2. The third-order valence-electron chi connectivity index (χ3n) is 3.26. The van der Waals surface area contributed by atoms with Crippen molar-refractivity contribution in [1.29, 1.82) is 0 Å². The maximum absolute atomic E-state index is 11.7. The number of benzene rings is 1. The number of nitrogens with zero attached hydrogens (tertiary/aromatic N) is 2. The molecule has 5 heteroatoms. The van der Waals surface area contributed by atoms with E-state index in [1.807, 2.05) is 37.3 Å². The van der Waals surface area contributed by atoms with Gasteiger partial charge >= 0.3 is 0 Å². The number of carbonyl (C=O) groups is 1. The molecule has 2 rings (SSSR count). The number of hydrogen-bond acceptors (Lipinski definition) is 4. The van der Waals surface area contributed by atoms with Gasteiger partial charge in [-0.2, -0.15) is 5.10 Å². The molecule has 0 unspecified atom stereocenters. The van der Waals surface area contributed by atoms with Gasteiger partial charge in [-0.25, -0.2) is 0 Å². The highest BCUT2D eigenvalue weighted by Gasteiger charge is 2.01. The summed E-state index contributed by atoms with van der Waals surface area (Å²) in [5, 5.41) is 14.0. The largest absolute Gasteiger partial charge is 0.367 e. The van der Waals surface area contributed by atoms with Crippen molar-refractivity contribution in [2.45, 2.75) is 26.2 Å². The van der Waals surface area contributed by atoms with Crippen LogP contribution in [0.3, 0.4) is 0 Å². The summed E-state index contributed by atoms with van der Waals surface area (Å²) < 4.78 is 0. The zero-order chi connectivity index (χ0) is 15.6. The monoisotopic (exact) mass is 298 g/mol. The Morgan fingerprint density at radius 1 is 1.05 bits per heavy atom.